The Morgan fingerprint density at radius 1 is 1.38 bits per heavy atom. The zero-order chi connectivity index (χ0) is 9.68. The maximum Gasteiger partial charge on any atom is 0.303 e. The molecule has 1 heterocycles. The van der Waals surface area contributed by atoms with Crippen LogP contribution in [0.15, 0.2) is 18.5 Å². The Morgan fingerprint density at radius 3 is 2.69 bits per heavy atom. The molecule has 0 spiro atoms. The number of Topliss-reactive ketones (excluding diaryl/α,β-unsaturated/α-hetero) is 1. The molecular formula is C9H11NO3. The molecule has 0 atom stereocenters. The molecule has 0 saturated heterocycles. The molecule has 4 heteroatoms. The van der Waals surface area contributed by atoms with Crippen molar-refractivity contribution in [3.05, 3.63) is 24.0 Å². The normalized spacial score (nSPS) is 9.85. The van der Waals surface area contributed by atoms with Crippen LogP contribution in [0.3, 0.4) is 0 Å². The Bertz CT molecular complexity index is 290. The van der Waals surface area contributed by atoms with Crippen LogP contribution in [0, 0.1) is 0 Å². The topological polar surface area (TPSA) is 70.2 Å². The van der Waals surface area contributed by atoms with Crippen LogP contribution >= 0.6 is 0 Å². The molecule has 0 radical (unpaired) electrons. The number of H-pyrrole nitrogens is 1. The summed E-state index contributed by atoms with van der Waals surface area (Å²) in [6.07, 6.45) is 4.03. The largest absolute Gasteiger partial charge is 0.481 e. The second-order valence-corrected chi connectivity index (χ2v) is 2.77. The molecule has 0 aromatic carbocycles. The number of carbonyl (C=O) groups excluding carboxylic acids is 1. The van der Waals surface area contributed by atoms with E-state index in [2.05, 4.69) is 4.98 Å². The van der Waals surface area contributed by atoms with Crippen molar-refractivity contribution in [2.45, 2.75) is 19.3 Å². The first-order valence-electron chi connectivity index (χ1n) is 4.08. The van der Waals surface area contributed by atoms with Gasteiger partial charge in [-0.2, -0.15) is 0 Å². The summed E-state index contributed by atoms with van der Waals surface area (Å²) < 4.78 is 0. The molecule has 70 valence electrons. The highest BCUT2D eigenvalue weighted by molar-refractivity contribution is 5.95. The molecule has 13 heavy (non-hydrogen) atoms. The van der Waals surface area contributed by atoms with Crippen molar-refractivity contribution in [3.8, 4) is 0 Å². The quantitative estimate of drug-likeness (QED) is 0.675. The van der Waals surface area contributed by atoms with E-state index in [1.807, 2.05) is 0 Å². The van der Waals surface area contributed by atoms with Gasteiger partial charge in [0.25, 0.3) is 0 Å². The summed E-state index contributed by atoms with van der Waals surface area (Å²) in [4.78, 5) is 24.2. The fourth-order valence-corrected chi connectivity index (χ4v) is 1.04. The van der Waals surface area contributed by atoms with Gasteiger partial charge in [0.2, 0.25) is 0 Å². The third kappa shape index (κ3) is 3.11. The number of carboxylic acid groups (broad SMARTS) is 1. The van der Waals surface area contributed by atoms with E-state index in [1.54, 1.807) is 18.5 Å². The number of ketones is 1. The monoisotopic (exact) mass is 181 g/mol. The van der Waals surface area contributed by atoms with E-state index in [0.29, 0.717) is 18.4 Å². The molecule has 1 rings (SSSR count). The predicted molar refractivity (Wildman–Crippen MR) is 46.6 cm³/mol. The van der Waals surface area contributed by atoms with Crippen molar-refractivity contribution in [3.63, 3.8) is 0 Å². The predicted octanol–water partition coefficient (Wildman–Crippen LogP) is 1.45. The smallest absolute Gasteiger partial charge is 0.303 e. The number of hydrogen-bond donors (Lipinski definition) is 2. The SMILES string of the molecule is O=C(O)CCCC(=O)c1cc[nH]c1. The average molecular weight is 181 g/mol. The van der Waals surface area contributed by atoms with Crippen molar-refractivity contribution >= 4 is 11.8 Å². The molecule has 1 aromatic heterocycles. The van der Waals surface area contributed by atoms with E-state index in [4.69, 9.17) is 5.11 Å². The van der Waals surface area contributed by atoms with Crippen LogP contribution in [-0.4, -0.2) is 21.8 Å². The van der Waals surface area contributed by atoms with Crippen molar-refractivity contribution in [1.29, 1.82) is 0 Å². The van der Waals surface area contributed by atoms with Gasteiger partial charge >= 0.3 is 5.97 Å². The molecule has 0 aliphatic heterocycles. The molecule has 0 fully saturated rings. The van der Waals surface area contributed by atoms with Gasteiger partial charge in [-0.15, -0.1) is 0 Å². The lowest BCUT2D eigenvalue weighted by atomic mass is 10.1. The number of hydrogen-bond acceptors (Lipinski definition) is 2. The molecule has 0 bridgehead atoms. The number of aromatic amines is 1. The molecule has 0 aliphatic rings. The van der Waals surface area contributed by atoms with Gasteiger partial charge in [-0.25, -0.2) is 0 Å². The number of carboxylic acids is 1. The van der Waals surface area contributed by atoms with E-state index in [1.165, 1.54) is 0 Å². The molecule has 0 aliphatic carbocycles. The summed E-state index contributed by atoms with van der Waals surface area (Å²) in [5.74, 6) is -0.871. The third-order valence-corrected chi connectivity index (χ3v) is 1.71. The molecule has 4 nitrogen and oxygen atoms in total. The van der Waals surface area contributed by atoms with Crippen molar-refractivity contribution in [1.82, 2.24) is 4.98 Å². The van der Waals surface area contributed by atoms with Gasteiger partial charge in [0, 0.05) is 30.8 Å². The van der Waals surface area contributed by atoms with Crippen LogP contribution in [0.5, 0.6) is 0 Å². The molecule has 0 saturated carbocycles. The number of aromatic nitrogens is 1. The van der Waals surface area contributed by atoms with Crippen LogP contribution in [0.2, 0.25) is 0 Å². The highest BCUT2D eigenvalue weighted by Gasteiger charge is 2.06. The van der Waals surface area contributed by atoms with Gasteiger partial charge in [-0.05, 0) is 12.5 Å². The third-order valence-electron chi connectivity index (χ3n) is 1.71. The van der Waals surface area contributed by atoms with Crippen LogP contribution in [0.4, 0.5) is 0 Å². The van der Waals surface area contributed by atoms with Gasteiger partial charge in [0.15, 0.2) is 5.78 Å². The van der Waals surface area contributed by atoms with E-state index < -0.39 is 5.97 Å². The van der Waals surface area contributed by atoms with Gasteiger partial charge < -0.3 is 10.1 Å². The molecule has 0 amide bonds. The fraction of sp³-hybridized carbons (Fsp3) is 0.333. The van der Waals surface area contributed by atoms with Gasteiger partial charge in [-0.3, -0.25) is 9.59 Å². The van der Waals surface area contributed by atoms with Crippen molar-refractivity contribution in [2.75, 3.05) is 0 Å². The van der Waals surface area contributed by atoms with Crippen LogP contribution < -0.4 is 0 Å². The van der Waals surface area contributed by atoms with E-state index in [9.17, 15) is 9.59 Å². The summed E-state index contributed by atoms with van der Waals surface area (Å²) in [5, 5.41) is 8.34. The highest BCUT2D eigenvalue weighted by atomic mass is 16.4. The molecule has 2 N–H and O–H groups in total. The molecule has 0 unspecified atom stereocenters. The maximum atomic E-state index is 11.3. The highest BCUT2D eigenvalue weighted by Crippen LogP contribution is 2.05. The number of aliphatic carboxylic acids is 1. The summed E-state index contributed by atoms with van der Waals surface area (Å²) in [6, 6.07) is 1.68. The molecule has 1 aromatic rings. The first-order valence-corrected chi connectivity index (χ1v) is 4.08. The van der Waals surface area contributed by atoms with E-state index in [-0.39, 0.29) is 12.2 Å². The van der Waals surface area contributed by atoms with Crippen LogP contribution in [-0.2, 0) is 4.79 Å². The Labute approximate surface area is 75.6 Å². The lowest BCUT2D eigenvalue weighted by Crippen LogP contribution is -2.00. The van der Waals surface area contributed by atoms with Gasteiger partial charge in [-0.1, -0.05) is 0 Å². The van der Waals surface area contributed by atoms with Crippen molar-refractivity contribution in [2.24, 2.45) is 0 Å². The van der Waals surface area contributed by atoms with E-state index >= 15 is 0 Å². The second-order valence-electron chi connectivity index (χ2n) is 2.77. The number of carbonyl (C=O) groups is 2. The fourth-order valence-electron chi connectivity index (χ4n) is 1.04. The number of rotatable bonds is 5. The molecular weight excluding hydrogens is 170 g/mol. The van der Waals surface area contributed by atoms with E-state index in [0.717, 1.165) is 0 Å². The Hall–Kier alpha value is -1.58. The first-order chi connectivity index (χ1) is 6.20. The summed E-state index contributed by atoms with van der Waals surface area (Å²) in [6.45, 7) is 0. The summed E-state index contributed by atoms with van der Waals surface area (Å²) >= 11 is 0. The Balaban J connectivity index is 2.31. The number of nitrogens with one attached hydrogen (secondary N) is 1. The Morgan fingerprint density at radius 2 is 2.15 bits per heavy atom. The minimum Gasteiger partial charge on any atom is -0.481 e. The summed E-state index contributed by atoms with van der Waals surface area (Å²) in [7, 11) is 0. The zero-order valence-corrected chi connectivity index (χ0v) is 7.12. The zero-order valence-electron chi connectivity index (χ0n) is 7.12. The second kappa shape index (κ2) is 4.45. The maximum absolute atomic E-state index is 11.3. The lowest BCUT2D eigenvalue weighted by molar-refractivity contribution is -0.137. The first kappa shape index (κ1) is 9.51. The van der Waals surface area contributed by atoms with Crippen molar-refractivity contribution < 1.29 is 14.7 Å². The summed E-state index contributed by atoms with van der Waals surface area (Å²) in [5.41, 5.74) is 0.616. The minimum absolute atomic E-state index is 0.0116. The Kier molecular flexibility index (Phi) is 3.25. The average Bonchev–Trinajstić information content (AvgIpc) is 2.55. The minimum atomic E-state index is -0.859. The van der Waals surface area contributed by atoms with Gasteiger partial charge in [0.05, 0.1) is 0 Å². The standard InChI is InChI=1S/C9H11NO3/c11-8(2-1-3-9(12)13)7-4-5-10-6-7/h4-6,10H,1-3H2,(H,12,13). The van der Waals surface area contributed by atoms with Crippen LogP contribution in [0.1, 0.15) is 29.6 Å². The van der Waals surface area contributed by atoms with Gasteiger partial charge in [0.1, 0.15) is 0 Å². The van der Waals surface area contributed by atoms with Crippen LogP contribution in [0.25, 0.3) is 0 Å². The lowest BCUT2D eigenvalue weighted by Gasteiger charge is -1.95.